The van der Waals surface area contributed by atoms with Gasteiger partial charge in [-0.1, -0.05) is 0 Å². The van der Waals surface area contributed by atoms with E-state index in [2.05, 4.69) is 5.32 Å². The van der Waals surface area contributed by atoms with E-state index in [0.717, 1.165) is 4.90 Å². The first-order valence-electron chi connectivity index (χ1n) is 4.90. The normalized spacial score (nSPS) is 9.82. The van der Waals surface area contributed by atoms with Crippen molar-refractivity contribution >= 4 is 17.7 Å². The summed E-state index contributed by atoms with van der Waals surface area (Å²) in [5.74, 6) is -1.46. The number of aryl methyl sites for hydroxylation is 1. The van der Waals surface area contributed by atoms with Crippen LogP contribution in [0.25, 0.3) is 0 Å². The van der Waals surface area contributed by atoms with Crippen molar-refractivity contribution in [3.8, 4) is 0 Å². The van der Waals surface area contributed by atoms with Gasteiger partial charge in [-0.3, -0.25) is 4.79 Å². The van der Waals surface area contributed by atoms with Gasteiger partial charge in [0, 0.05) is 12.7 Å². The number of carboxylic acids is 1. The molecular formula is C11H13FN2O3. The van der Waals surface area contributed by atoms with Crippen LogP contribution in [0.1, 0.15) is 5.56 Å². The summed E-state index contributed by atoms with van der Waals surface area (Å²) < 4.78 is 13.0. The van der Waals surface area contributed by atoms with Crippen LogP contribution in [0.5, 0.6) is 0 Å². The molecule has 0 unspecified atom stereocenters. The van der Waals surface area contributed by atoms with Crippen LogP contribution in [-0.2, 0) is 4.79 Å². The van der Waals surface area contributed by atoms with Gasteiger partial charge < -0.3 is 15.3 Å². The molecule has 0 bridgehead atoms. The zero-order valence-electron chi connectivity index (χ0n) is 9.53. The lowest BCUT2D eigenvalue weighted by Gasteiger charge is -2.15. The minimum Gasteiger partial charge on any atom is -0.480 e. The maximum Gasteiger partial charge on any atom is 0.323 e. The topological polar surface area (TPSA) is 69.6 Å². The maximum atomic E-state index is 13.0. The van der Waals surface area contributed by atoms with Gasteiger partial charge in [0.1, 0.15) is 12.4 Å². The molecule has 1 aromatic rings. The Bertz CT molecular complexity index is 448. The van der Waals surface area contributed by atoms with E-state index in [1.165, 1.54) is 25.2 Å². The average molecular weight is 240 g/mol. The predicted octanol–water partition coefficient (Wildman–Crippen LogP) is 1.68. The van der Waals surface area contributed by atoms with Crippen molar-refractivity contribution in [3.05, 3.63) is 29.6 Å². The Labute approximate surface area is 97.8 Å². The Hall–Kier alpha value is -2.11. The van der Waals surface area contributed by atoms with E-state index < -0.39 is 18.5 Å². The van der Waals surface area contributed by atoms with Crippen molar-refractivity contribution < 1.29 is 19.1 Å². The molecule has 2 amide bonds. The lowest BCUT2D eigenvalue weighted by atomic mass is 10.2. The second-order valence-electron chi connectivity index (χ2n) is 3.64. The van der Waals surface area contributed by atoms with E-state index in [1.54, 1.807) is 6.92 Å². The predicted molar refractivity (Wildman–Crippen MR) is 60.4 cm³/mol. The molecule has 1 aromatic carbocycles. The van der Waals surface area contributed by atoms with Crippen LogP contribution in [0.4, 0.5) is 14.9 Å². The molecule has 0 atom stereocenters. The summed E-state index contributed by atoms with van der Waals surface area (Å²) in [6.07, 6.45) is 0. The molecule has 0 fully saturated rings. The molecule has 0 heterocycles. The Kier molecular flexibility index (Phi) is 4.03. The number of carbonyl (C=O) groups excluding carboxylic acids is 1. The standard InChI is InChI=1S/C11H13FN2O3/c1-7-5-8(3-4-9(7)12)13-11(17)14(2)6-10(15)16/h3-5H,6H2,1-2H3,(H,13,17)(H,15,16). The number of hydrogen-bond acceptors (Lipinski definition) is 2. The average Bonchev–Trinajstić information content (AvgIpc) is 2.22. The summed E-state index contributed by atoms with van der Waals surface area (Å²) in [5.41, 5.74) is 0.829. The van der Waals surface area contributed by atoms with E-state index in [9.17, 15) is 14.0 Å². The minimum atomic E-state index is -1.10. The minimum absolute atomic E-state index is 0.359. The van der Waals surface area contributed by atoms with E-state index in [-0.39, 0.29) is 5.82 Å². The molecule has 6 heteroatoms. The Morgan fingerprint density at radius 3 is 2.65 bits per heavy atom. The molecule has 17 heavy (non-hydrogen) atoms. The lowest BCUT2D eigenvalue weighted by molar-refractivity contribution is -0.137. The molecule has 2 N–H and O–H groups in total. The number of urea groups is 1. The van der Waals surface area contributed by atoms with Crippen LogP contribution in [0.15, 0.2) is 18.2 Å². The second-order valence-corrected chi connectivity index (χ2v) is 3.64. The number of carbonyl (C=O) groups is 2. The van der Waals surface area contributed by atoms with Crippen LogP contribution < -0.4 is 5.32 Å². The molecule has 0 saturated heterocycles. The molecule has 0 aliphatic rings. The monoisotopic (exact) mass is 240 g/mol. The Morgan fingerprint density at radius 2 is 2.12 bits per heavy atom. The fourth-order valence-electron chi connectivity index (χ4n) is 1.22. The zero-order valence-corrected chi connectivity index (χ0v) is 9.53. The number of hydrogen-bond donors (Lipinski definition) is 2. The molecule has 0 radical (unpaired) electrons. The maximum absolute atomic E-state index is 13.0. The van der Waals surface area contributed by atoms with Crippen LogP contribution in [0, 0.1) is 12.7 Å². The molecule has 5 nitrogen and oxygen atoms in total. The highest BCUT2D eigenvalue weighted by Crippen LogP contribution is 2.13. The van der Waals surface area contributed by atoms with Crippen molar-refractivity contribution in [2.45, 2.75) is 6.92 Å². The third-order valence-corrected chi connectivity index (χ3v) is 2.13. The number of benzene rings is 1. The summed E-state index contributed by atoms with van der Waals surface area (Å²) in [4.78, 5) is 22.9. The fourth-order valence-corrected chi connectivity index (χ4v) is 1.22. The van der Waals surface area contributed by atoms with Crippen molar-refractivity contribution in [2.24, 2.45) is 0 Å². The SMILES string of the molecule is Cc1cc(NC(=O)N(C)CC(=O)O)ccc1F. The summed E-state index contributed by atoms with van der Waals surface area (Å²) in [5, 5.41) is 11.0. The molecular weight excluding hydrogens is 227 g/mol. The number of aliphatic carboxylic acids is 1. The number of nitrogens with one attached hydrogen (secondary N) is 1. The largest absolute Gasteiger partial charge is 0.480 e. The van der Waals surface area contributed by atoms with E-state index >= 15 is 0 Å². The molecule has 0 aromatic heterocycles. The molecule has 0 aliphatic carbocycles. The highest BCUT2D eigenvalue weighted by molar-refractivity contribution is 5.91. The third kappa shape index (κ3) is 3.75. The van der Waals surface area contributed by atoms with Gasteiger partial charge in [0.15, 0.2) is 0 Å². The van der Waals surface area contributed by atoms with Crippen LogP contribution in [-0.4, -0.2) is 35.6 Å². The fraction of sp³-hybridized carbons (Fsp3) is 0.273. The summed E-state index contributed by atoms with van der Waals surface area (Å²) in [6, 6.07) is 3.57. The van der Waals surface area contributed by atoms with Crippen LogP contribution in [0.2, 0.25) is 0 Å². The quantitative estimate of drug-likeness (QED) is 0.844. The number of rotatable bonds is 3. The molecule has 92 valence electrons. The summed E-state index contributed by atoms with van der Waals surface area (Å²) in [6.45, 7) is 1.18. The van der Waals surface area contributed by atoms with Crippen LogP contribution in [0.3, 0.4) is 0 Å². The van der Waals surface area contributed by atoms with E-state index in [1.807, 2.05) is 0 Å². The Morgan fingerprint density at radius 1 is 1.47 bits per heavy atom. The Balaban J connectivity index is 2.67. The zero-order chi connectivity index (χ0) is 13.0. The van der Waals surface area contributed by atoms with E-state index in [4.69, 9.17) is 5.11 Å². The first-order chi connectivity index (χ1) is 7.90. The lowest BCUT2D eigenvalue weighted by Crippen LogP contribution is -2.35. The molecule has 0 saturated carbocycles. The van der Waals surface area contributed by atoms with Gasteiger partial charge in [-0.2, -0.15) is 0 Å². The van der Waals surface area contributed by atoms with Gasteiger partial charge in [0.2, 0.25) is 0 Å². The molecule has 1 rings (SSSR count). The van der Waals surface area contributed by atoms with Crippen LogP contribution >= 0.6 is 0 Å². The number of halogens is 1. The van der Waals surface area contributed by atoms with Gasteiger partial charge in [-0.05, 0) is 30.7 Å². The number of likely N-dealkylation sites (N-methyl/N-ethyl adjacent to an activating group) is 1. The summed E-state index contributed by atoms with van der Waals surface area (Å²) >= 11 is 0. The summed E-state index contributed by atoms with van der Waals surface area (Å²) in [7, 11) is 1.36. The highest BCUT2D eigenvalue weighted by Gasteiger charge is 2.12. The van der Waals surface area contributed by atoms with Crippen molar-refractivity contribution in [1.82, 2.24) is 4.90 Å². The van der Waals surface area contributed by atoms with Gasteiger partial charge >= 0.3 is 12.0 Å². The van der Waals surface area contributed by atoms with Gasteiger partial charge in [-0.15, -0.1) is 0 Å². The molecule has 0 aliphatic heterocycles. The van der Waals surface area contributed by atoms with Gasteiger partial charge in [0.05, 0.1) is 0 Å². The number of anilines is 1. The first kappa shape index (κ1) is 13.0. The highest BCUT2D eigenvalue weighted by atomic mass is 19.1. The second kappa shape index (κ2) is 5.29. The number of nitrogens with zero attached hydrogens (tertiary/aromatic N) is 1. The van der Waals surface area contributed by atoms with Crippen molar-refractivity contribution in [1.29, 1.82) is 0 Å². The smallest absolute Gasteiger partial charge is 0.323 e. The van der Waals surface area contributed by atoms with E-state index in [0.29, 0.717) is 11.3 Å². The number of carboxylic acid groups (broad SMARTS) is 1. The molecule has 0 spiro atoms. The third-order valence-electron chi connectivity index (χ3n) is 2.13. The van der Waals surface area contributed by atoms with Crippen molar-refractivity contribution in [2.75, 3.05) is 18.9 Å². The number of amides is 2. The van der Waals surface area contributed by atoms with Crippen molar-refractivity contribution in [3.63, 3.8) is 0 Å². The van der Waals surface area contributed by atoms with Gasteiger partial charge in [-0.25, -0.2) is 9.18 Å². The first-order valence-corrected chi connectivity index (χ1v) is 4.90. The van der Waals surface area contributed by atoms with Gasteiger partial charge in [0.25, 0.3) is 0 Å².